The SMILES string of the molecule is CNc1ccc(C(=O)NCc2ccnc(C)n2)nn1. The summed E-state index contributed by atoms with van der Waals surface area (Å²) in [4.78, 5) is 20.0. The molecular weight excluding hydrogens is 244 g/mol. The van der Waals surface area contributed by atoms with Crippen LogP contribution in [0.15, 0.2) is 24.4 Å². The van der Waals surface area contributed by atoms with E-state index in [2.05, 4.69) is 30.8 Å². The number of carbonyl (C=O) groups is 1. The highest BCUT2D eigenvalue weighted by atomic mass is 16.1. The lowest BCUT2D eigenvalue weighted by atomic mass is 10.3. The fourth-order valence-electron chi connectivity index (χ4n) is 1.45. The fourth-order valence-corrected chi connectivity index (χ4v) is 1.45. The molecule has 0 aliphatic carbocycles. The maximum Gasteiger partial charge on any atom is 0.272 e. The molecule has 2 aromatic heterocycles. The van der Waals surface area contributed by atoms with Crippen LogP contribution >= 0.6 is 0 Å². The van der Waals surface area contributed by atoms with Crippen LogP contribution < -0.4 is 10.6 Å². The molecular formula is C12H14N6O. The first-order chi connectivity index (χ1) is 9.19. The number of nitrogens with one attached hydrogen (secondary N) is 2. The van der Waals surface area contributed by atoms with E-state index in [1.807, 2.05) is 0 Å². The van der Waals surface area contributed by atoms with Crippen molar-refractivity contribution in [3.63, 3.8) is 0 Å². The van der Waals surface area contributed by atoms with Gasteiger partial charge in [0.2, 0.25) is 0 Å². The summed E-state index contributed by atoms with van der Waals surface area (Å²) in [5.74, 6) is 0.999. The van der Waals surface area contributed by atoms with Gasteiger partial charge in [-0.25, -0.2) is 9.97 Å². The van der Waals surface area contributed by atoms with E-state index in [-0.39, 0.29) is 11.6 Å². The predicted octanol–water partition coefficient (Wildman–Crippen LogP) is 0.547. The Hall–Kier alpha value is -2.57. The molecule has 0 aliphatic heterocycles. The first kappa shape index (κ1) is 12.9. The molecule has 0 radical (unpaired) electrons. The number of carbonyl (C=O) groups excluding carboxylic acids is 1. The van der Waals surface area contributed by atoms with Crippen molar-refractivity contribution >= 4 is 11.7 Å². The molecule has 0 bridgehead atoms. The van der Waals surface area contributed by atoms with E-state index < -0.39 is 0 Å². The molecule has 2 N–H and O–H groups in total. The average molecular weight is 258 g/mol. The van der Waals surface area contributed by atoms with Crippen molar-refractivity contribution in [3.8, 4) is 0 Å². The molecule has 19 heavy (non-hydrogen) atoms. The van der Waals surface area contributed by atoms with Crippen molar-refractivity contribution in [2.45, 2.75) is 13.5 Å². The van der Waals surface area contributed by atoms with Gasteiger partial charge in [0.1, 0.15) is 11.6 Å². The third-order valence-corrected chi connectivity index (χ3v) is 2.42. The van der Waals surface area contributed by atoms with Crippen LogP contribution in [0.3, 0.4) is 0 Å². The molecule has 2 aromatic rings. The van der Waals surface area contributed by atoms with E-state index in [9.17, 15) is 4.79 Å². The highest BCUT2D eigenvalue weighted by molar-refractivity contribution is 5.92. The van der Waals surface area contributed by atoms with E-state index in [0.29, 0.717) is 18.2 Å². The van der Waals surface area contributed by atoms with Crippen LogP contribution in [0.4, 0.5) is 5.82 Å². The maximum atomic E-state index is 11.8. The van der Waals surface area contributed by atoms with Gasteiger partial charge in [-0.2, -0.15) is 0 Å². The average Bonchev–Trinajstić information content (AvgIpc) is 2.45. The van der Waals surface area contributed by atoms with Crippen LogP contribution in [-0.4, -0.2) is 33.1 Å². The molecule has 0 spiro atoms. The van der Waals surface area contributed by atoms with Gasteiger partial charge in [0.05, 0.1) is 12.2 Å². The largest absolute Gasteiger partial charge is 0.372 e. The fraction of sp³-hybridized carbons (Fsp3) is 0.250. The zero-order valence-corrected chi connectivity index (χ0v) is 10.7. The molecule has 0 saturated heterocycles. The van der Waals surface area contributed by atoms with Crippen molar-refractivity contribution in [2.75, 3.05) is 12.4 Å². The summed E-state index contributed by atoms with van der Waals surface area (Å²) >= 11 is 0. The Labute approximate surface area is 110 Å². The van der Waals surface area contributed by atoms with Crippen molar-refractivity contribution in [1.82, 2.24) is 25.5 Å². The topological polar surface area (TPSA) is 92.7 Å². The van der Waals surface area contributed by atoms with Gasteiger partial charge in [0, 0.05) is 13.2 Å². The second kappa shape index (κ2) is 5.85. The molecule has 1 amide bonds. The summed E-state index contributed by atoms with van der Waals surface area (Å²) in [7, 11) is 1.74. The van der Waals surface area contributed by atoms with Gasteiger partial charge >= 0.3 is 0 Å². The molecule has 0 atom stereocenters. The summed E-state index contributed by atoms with van der Waals surface area (Å²) in [5.41, 5.74) is 1.02. The third-order valence-electron chi connectivity index (χ3n) is 2.42. The number of hydrogen-bond donors (Lipinski definition) is 2. The summed E-state index contributed by atoms with van der Waals surface area (Å²) in [5, 5.41) is 13.2. The Balaban J connectivity index is 1.97. The number of amides is 1. The van der Waals surface area contributed by atoms with Gasteiger partial charge in [-0.3, -0.25) is 4.79 Å². The maximum absolute atomic E-state index is 11.8. The summed E-state index contributed by atoms with van der Waals surface area (Å²) < 4.78 is 0. The molecule has 0 saturated carbocycles. The van der Waals surface area contributed by atoms with Crippen molar-refractivity contribution in [2.24, 2.45) is 0 Å². The number of anilines is 1. The number of nitrogens with zero attached hydrogens (tertiary/aromatic N) is 4. The molecule has 0 aliphatic rings. The lowest BCUT2D eigenvalue weighted by Crippen LogP contribution is -2.24. The normalized spacial score (nSPS) is 10.0. The predicted molar refractivity (Wildman–Crippen MR) is 69.5 cm³/mol. The van der Waals surface area contributed by atoms with Gasteiger partial charge in [-0.05, 0) is 25.1 Å². The second-order valence-electron chi connectivity index (χ2n) is 3.83. The summed E-state index contributed by atoms with van der Waals surface area (Å²) in [6, 6.07) is 5.05. The number of rotatable bonds is 4. The zero-order chi connectivity index (χ0) is 13.7. The Kier molecular flexibility index (Phi) is 3.97. The van der Waals surface area contributed by atoms with Crippen LogP contribution in [0.5, 0.6) is 0 Å². The van der Waals surface area contributed by atoms with Crippen LogP contribution in [-0.2, 0) is 6.54 Å². The van der Waals surface area contributed by atoms with Gasteiger partial charge in [-0.1, -0.05) is 0 Å². The second-order valence-corrected chi connectivity index (χ2v) is 3.83. The van der Waals surface area contributed by atoms with Crippen LogP contribution in [0.2, 0.25) is 0 Å². The minimum Gasteiger partial charge on any atom is -0.372 e. The number of aryl methyl sites for hydroxylation is 1. The van der Waals surface area contributed by atoms with E-state index in [0.717, 1.165) is 5.69 Å². The van der Waals surface area contributed by atoms with Gasteiger partial charge in [0.25, 0.3) is 5.91 Å². The van der Waals surface area contributed by atoms with Gasteiger partial charge < -0.3 is 10.6 Å². The van der Waals surface area contributed by atoms with Crippen LogP contribution in [0, 0.1) is 6.92 Å². The molecule has 2 rings (SSSR count). The van der Waals surface area contributed by atoms with Gasteiger partial charge in [0.15, 0.2) is 5.69 Å². The zero-order valence-electron chi connectivity index (χ0n) is 10.7. The molecule has 98 valence electrons. The van der Waals surface area contributed by atoms with E-state index in [1.54, 1.807) is 38.4 Å². The van der Waals surface area contributed by atoms with Crippen molar-refractivity contribution in [1.29, 1.82) is 0 Å². The lowest BCUT2D eigenvalue weighted by molar-refractivity contribution is 0.0944. The number of aromatic nitrogens is 4. The number of hydrogen-bond acceptors (Lipinski definition) is 6. The van der Waals surface area contributed by atoms with Crippen molar-refractivity contribution < 1.29 is 4.79 Å². The molecule has 0 unspecified atom stereocenters. The summed E-state index contributed by atoms with van der Waals surface area (Å²) in [6.07, 6.45) is 1.66. The minimum atomic E-state index is -0.286. The van der Waals surface area contributed by atoms with Crippen molar-refractivity contribution in [3.05, 3.63) is 41.6 Å². The Morgan fingerprint density at radius 1 is 1.26 bits per heavy atom. The minimum absolute atomic E-state index is 0.268. The van der Waals surface area contributed by atoms with E-state index in [4.69, 9.17) is 0 Å². The van der Waals surface area contributed by atoms with Crippen LogP contribution in [0.1, 0.15) is 22.0 Å². The van der Waals surface area contributed by atoms with E-state index >= 15 is 0 Å². The van der Waals surface area contributed by atoms with Gasteiger partial charge in [-0.15, -0.1) is 10.2 Å². The van der Waals surface area contributed by atoms with Crippen LogP contribution in [0.25, 0.3) is 0 Å². The van der Waals surface area contributed by atoms with E-state index in [1.165, 1.54) is 0 Å². The first-order valence-electron chi connectivity index (χ1n) is 5.77. The third kappa shape index (κ3) is 3.44. The molecule has 2 heterocycles. The highest BCUT2D eigenvalue weighted by Crippen LogP contribution is 2.01. The monoisotopic (exact) mass is 258 g/mol. The summed E-state index contributed by atoms with van der Waals surface area (Å²) in [6.45, 7) is 2.13. The molecule has 7 heteroatoms. The standard InChI is InChI=1S/C12H14N6O/c1-8-14-6-5-9(16-8)7-15-12(19)10-3-4-11(13-2)18-17-10/h3-6H,7H2,1-2H3,(H,13,18)(H,15,19). The Morgan fingerprint density at radius 3 is 2.74 bits per heavy atom. The Morgan fingerprint density at radius 2 is 2.11 bits per heavy atom. The molecule has 0 aromatic carbocycles. The first-order valence-corrected chi connectivity index (χ1v) is 5.77. The Bertz CT molecular complexity index is 569. The molecule has 0 fully saturated rings. The smallest absolute Gasteiger partial charge is 0.272 e. The highest BCUT2D eigenvalue weighted by Gasteiger charge is 2.08. The quantitative estimate of drug-likeness (QED) is 0.831. The molecule has 7 nitrogen and oxygen atoms in total. The lowest BCUT2D eigenvalue weighted by Gasteiger charge is -2.04.